The van der Waals surface area contributed by atoms with E-state index in [2.05, 4.69) is 48.3 Å². The quantitative estimate of drug-likeness (QED) is 0.463. The van der Waals surface area contributed by atoms with Crippen molar-refractivity contribution in [3.05, 3.63) is 54.1 Å². The van der Waals surface area contributed by atoms with Crippen LogP contribution in [0, 0.1) is 6.92 Å². The van der Waals surface area contributed by atoms with Gasteiger partial charge in [-0.2, -0.15) is 0 Å². The number of aryl methyl sites for hydroxylation is 1. The van der Waals surface area contributed by atoms with E-state index in [4.69, 9.17) is 4.98 Å². The molecular weight excluding hydrogens is 244 g/mol. The lowest BCUT2D eigenvalue weighted by molar-refractivity contribution is 1.39. The highest BCUT2D eigenvalue weighted by Crippen LogP contribution is 2.31. The maximum atomic E-state index is 4.72. The molecule has 0 aliphatic carbocycles. The van der Waals surface area contributed by atoms with Gasteiger partial charge in [0.1, 0.15) is 5.65 Å². The van der Waals surface area contributed by atoms with Gasteiger partial charge in [0.2, 0.25) is 0 Å². The van der Waals surface area contributed by atoms with Crippen LogP contribution < -0.4 is 0 Å². The highest BCUT2D eigenvalue weighted by molar-refractivity contribution is 6.11. The van der Waals surface area contributed by atoms with Crippen LogP contribution in [0.5, 0.6) is 0 Å². The molecule has 0 aliphatic heterocycles. The number of aromatic amines is 1. The van der Waals surface area contributed by atoms with Crippen molar-refractivity contribution in [2.75, 3.05) is 0 Å². The Balaban J connectivity index is 0.000000581. The van der Waals surface area contributed by atoms with E-state index in [-0.39, 0.29) is 0 Å². The Morgan fingerprint density at radius 2 is 1.50 bits per heavy atom. The van der Waals surface area contributed by atoms with Crippen LogP contribution in [0.25, 0.3) is 32.8 Å². The zero-order valence-electron chi connectivity index (χ0n) is 12.1. The number of benzene rings is 2. The van der Waals surface area contributed by atoms with Gasteiger partial charge in [-0.05, 0) is 24.6 Å². The van der Waals surface area contributed by atoms with Gasteiger partial charge >= 0.3 is 0 Å². The summed E-state index contributed by atoms with van der Waals surface area (Å²) >= 11 is 0. The summed E-state index contributed by atoms with van der Waals surface area (Å²) in [5, 5.41) is 3.72. The number of nitrogens with one attached hydrogen (secondary N) is 1. The van der Waals surface area contributed by atoms with Crippen LogP contribution in [-0.4, -0.2) is 9.97 Å². The Morgan fingerprint density at radius 1 is 0.850 bits per heavy atom. The molecule has 2 heterocycles. The van der Waals surface area contributed by atoms with Gasteiger partial charge in [0.25, 0.3) is 0 Å². The second-order valence-corrected chi connectivity index (χ2v) is 4.65. The maximum absolute atomic E-state index is 4.72. The molecule has 0 saturated heterocycles. The minimum absolute atomic E-state index is 0.979. The first-order valence-electron chi connectivity index (χ1n) is 7.10. The fraction of sp³-hybridized carbons (Fsp3) is 0.167. The van der Waals surface area contributed by atoms with Crippen LogP contribution >= 0.6 is 0 Å². The van der Waals surface area contributed by atoms with Crippen molar-refractivity contribution in [2.45, 2.75) is 20.8 Å². The topological polar surface area (TPSA) is 28.7 Å². The largest absolute Gasteiger partial charge is 0.339 e. The Kier molecular flexibility index (Phi) is 3.15. The molecule has 2 heteroatoms. The van der Waals surface area contributed by atoms with Crippen molar-refractivity contribution < 1.29 is 0 Å². The Bertz CT molecular complexity index is 888. The van der Waals surface area contributed by atoms with E-state index >= 15 is 0 Å². The van der Waals surface area contributed by atoms with E-state index in [1.165, 1.54) is 21.7 Å². The smallest absolute Gasteiger partial charge is 0.139 e. The summed E-state index contributed by atoms with van der Waals surface area (Å²) in [6, 6.07) is 16.7. The van der Waals surface area contributed by atoms with Gasteiger partial charge in [-0.15, -0.1) is 0 Å². The molecule has 0 radical (unpaired) electrons. The van der Waals surface area contributed by atoms with E-state index < -0.39 is 0 Å². The summed E-state index contributed by atoms with van der Waals surface area (Å²) in [7, 11) is 0. The van der Waals surface area contributed by atoms with E-state index in [0.717, 1.165) is 16.7 Å². The molecule has 4 aromatic rings. The minimum atomic E-state index is 0.979. The van der Waals surface area contributed by atoms with Crippen molar-refractivity contribution in [3.63, 3.8) is 0 Å². The SMILES string of the molecule is CC.Cc1c2ccccc2nc2[nH]c3ccccc3c12. The van der Waals surface area contributed by atoms with Gasteiger partial charge in [-0.1, -0.05) is 50.2 Å². The lowest BCUT2D eigenvalue weighted by Crippen LogP contribution is -1.85. The molecule has 0 spiro atoms. The monoisotopic (exact) mass is 262 g/mol. The first-order chi connectivity index (χ1) is 9.84. The second-order valence-electron chi connectivity index (χ2n) is 4.65. The fourth-order valence-electron chi connectivity index (χ4n) is 2.73. The molecule has 2 aromatic heterocycles. The molecule has 0 fully saturated rings. The number of para-hydroxylation sites is 2. The van der Waals surface area contributed by atoms with Crippen molar-refractivity contribution >= 4 is 32.8 Å². The average molecular weight is 262 g/mol. The average Bonchev–Trinajstić information content (AvgIpc) is 2.88. The van der Waals surface area contributed by atoms with Crippen LogP contribution in [0.15, 0.2) is 48.5 Å². The standard InChI is InChI=1S/C16H12N2.C2H6/c1-10-11-6-2-4-8-13(11)17-16-15(10)12-7-3-5-9-14(12)18-16;1-2/h2-9H,1H3,(H,17,18);1-2H3. The highest BCUT2D eigenvalue weighted by atomic mass is 14.9. The molecule has 100 valence electrons. The van der Waals surface area contributed by atoms with E-state index in [9.17, 15) is 0 Å². The molecule has 4 rings (SSSR count). The summed E-state index contributed by atoms with van der Waals surface area (Å²) in [4.78, 5) is 8.12. The Labute approximate surface area is 118 Å². The van der Waals surface area contributed by atoms with Crippen molar-refractivity contribution in [1.29, 1.82) is 0 Å². The molecule has 1 N–H and O–H groups in total. The zero-order valence-corrected chi connectivity index (χ0v) is 12.1. The third-order valence-electron chi connectivity index (χ3n) is 3.60. The molecule has 0 atom stereocenters. The third-order valence-corrected chi connectivity index (χ3v) is 3.60. The van der Waals surface area contributed by atoms with Gasteiger partial charge < -0.3 is 4.98 Å². The van der Waals surface area contributed by atoms with Crippen LogP contribution in [0.3, 0.4) is 0 Å². The summed E-state index contributed by atoms with van der Waals surface area (Å²) in [6.07, 6.45) is 0. The van der Waals surface area contributed by atoms with Crippen molar-refractivity contribution in [3.8, 4) is 0 Å². The number of rotatable bonds is 0. The number of nitrogens with zero attached hydrogens (tertiary/aromatic N) is 1. The number of hydrogen-bond acceptors (Lipinski definition) is 1. The molecule has 0 amide bonds. The van der Waals surface area contributed by atoms with Crippen LogP contribution in [0.2, 0.25) is 0 Å². The third kappa shape index (κ3) is 1.76. The lowest BCUT2D eigenvalue weighted by Gasteiger charge is -2.03. The first kappa shape index (κ1) is 12.7. The van der Waals surface area contributed by atoms with E-state index in [1.807, 2.05) is 26.0 Å². The number of fused-ring (bicyclic) bond motifs is 4. The molecule has 2 nitrogen and oxygen atoms in total. The number of H-pyrrole nitrogens is 1. The van der Waals surface area contributed by atoms with Gasteiger partial charge in [0.05, 0.1) is 5.52 Å². The van der Waals surface area contributed by atoms with Crippen LogP contribution in [0.4, 0.5) is 0 Å². The Morgan fingerprint density at radius 3 is 2.30 bits per heavy atom. The summed E-state index contributed by atoms with van der Waals surface area (Å²) in [6.45, 7) is 6.17. The molecule has 0 unspecified atom stereocenters. The molecule has 20 heavy (non-hydrogen) atoms. The summed E-state index contributed by atoms with van der Waals surface area (Å²) in [5.41, 5.74) is 4.48. The normalized spacial score (nSPS) is 10.8. The lowest BCUT2D eigenvalue weighted by atomic mass is 10.0. The molecule has 0 aliphatic rings. The van der Waals surface area contributed by atoms with E-state index in [1.54, 1.807) is 0 Å². The van der Waals surface area contributed by atoms with Crippen molar-refractivity contribution in [1.82, 2.24) is 9.97 Å². The zero-order chi connectivity index (χ0) is 14.1. The highest BCUT2D eigenvalue weighted by Gasteiger charge is 2.10. The first-order valence-corrected chi connectivity index (χ1v) is 7.10. The number of pyridine rings is 1. The van der Waals surface area contributed by atoms with Crippen LogP contribution in [-0.2, 0) is 0 Å². The van der Waals surface area contributed by atoms with Gasteiger partial charge in [0, 0.05) is 21.7 Å². The van der Waals surface area contributed by atoms with Gasteiger partial charge in [0.15, 0.2) is 0 Å². The predicted octanol–water partition coefficient (Wildman–Crippen LogP) is 5.20. The number of aromatic nitrogens is 2. The Hall–Kier alpha value is -2.35. The number of hydrogen-bond donors (Lipinski definition) is 1. The molecule has 2 aromatic carbocycles. The van der Waals surface area contributed by atoms with Gasteiger partial charge in [-0.25, -0.2) is 4.98 Å². The van der Waals surface area contributed by atoms with E-state index in [0.29, 0.717) is 0 Å². The van der Waals surface area contributed by atoms with Gasteiger partial charge in [-0.3, -0.25) is 0 Å². The van der Waals surface area contributed by atoms with Crippen molar-refractivity contribution in [2.24, 2.45) is 0 Å². The van der Waals surface area contributed by atoms with Crippen LogP contribution in [0.1, 0.15) is 19.4 Å². The predicted molar refractivity (Wildman–Crippen MR) is 87.2 cm³/mol. The summed E-state index contributed by atoms with van der Waals surface area (Å²) in [5.74, 6) is 0. The molecule has 0 saturated carbocycles. The maximum Gasteiger partial charge on any atom is 0.139 e. The second kappa shape index (κ2) is 4.97. The summed E-state index contributed by atoms with van der Waals surface area (Å²) < 4.78 is 0. The molecular formula is C18H18N2. The fourth-order valence-corrected chi connectivity index (χ4v) is 2.73. The minimum Gasteiger partial charge on any atom is -0.339 e. The molecule has 0 bridgehead atoms.